The highest BCUT2D eigenvalue weighted by molar-refractivity contribution is 6.30. The number of rotatable bonds is 2. The van der Waals surface area contributed by atoms with Crippen molar-refractivity contribution < 1.29 is 5.21 Å². The van der Waals surface area contributed by atoms with Gasteiger partial charge in [-0.1, -0.05) is 84.4 Å². The van der Waals surface area contributed by atoms with Gasteiger partial charge in [-0.2, -0.15) is 4.98 Å². The summed E-state index contributed by atoms with van der Waals surface area (Å²) in [4.78, 5) is 24.8. The highest BCUT2D eigenvalue weighted by atomic mass is 35.5. The van der Waals surface area contributed by atoms with E-state index in [-0.39, 0.29) is 12.2 Å². The molecule has 1 N–H and O–H groups in total. The Morgan fingerprint density at radius 1 is 0.900 bits per heavy atom. The predicted molar refractivity (Wildman–Crippen MR) is 160 cm³/mol. The Morgan fingerprint density at radius 3 is 2.25 bits per heavy atom. The first-order chi connectivity index (χ1) is 19.4. The summed E-state index contributed by atoms with van der Waals surface area (Å²) in [6, 6.07) is 31.0. The molecule has 0 aliphatic carbocycles. The molecular weight excluding hydrogens is 522 g/mol. The summed E-state index contributed by atoms with van der Waals surface area (Å²) in [5.41, 5.74) is 5.11. The number of hydroxylamine groups is 2. The van der Waals surface area contributed by atoms with E-state index in [1.807, 2.05) is 97.9 Å². The van der Waals surface area contributed by atoms with Crippen molar-refractivity contribution in [1.82, 2.24) is 14.6 Å². The van der Waals surface area contributed by atoms with E-state index in [4.69, 9.17) is 11.6 Å². The molecule has 1 aliphatic rings. The van der Waals surface area contributed by atoms with Gasteiger partial charge in [-0.3, -0.25) is 14.8 Å². The molecule has 0 saturated carbocycles. The zero-order valence-corrected chi connectivity index (χ0v) is 23.2. The molecule has 5 aromatic rings. The van der Waals surface area contributed by atoms with Crippen molar-refractivity contribution in [2.75, 3.05) is 13.6 Å². The minimum Gasteiger partial charge on any atom is -0.295 e. The third-order valence-electron chi connectivity index (χ3n) is 6.63. The Hall–Kier alpha value is -4.59. The lowest BCUT2D eigenvalue weighted by Gasteiger charge is -2.19. The third kappa shape index (κ3) is 5.57. The first kappa shape index (κ1) is 27.0. The summed E-state index contributed by atoms with van der Waals surface area (Å²) >= 11 is 6.12. The fraction of sp³-hybridized carbons (Fsp3) is 0.125. The van der Waals surface area contributed by atoms with Gasteiger partial charge in [0, 0.05) is 40.8 Å². The highest BCUT2D eigenvalue weighted by Gasteiger charge is 2.17. The van der Waals surface area contributed by atoms with E-state index < -0.39 is 0 Å². The van der Waals surface area contributed by atoms with E-state index in [1.54, 1.807) is 24.7 Å². The van der Waals surface area contributed by atoms with Gasteiger partial charge >= 0.3 is 5.69 Å². The number of hydrogen-bond donors (Lipinski definition) is 1. The fourth-order valence-electron chi connectivity index (χ4n) is 4.61. The van der Waals surface area contributed by atoms with Crippen LogP contribution in [-0.4, -0.2) is 39.2 Å². The van der Waals surface area contributed by atoms with Crippen molar-refractivity contribution >= 4 is 34.0 Å². The number of aliphatic imine (C=N–C) groups is 1. The summed E-state index contributed by atoms with van der Waals surface area (Å²) in [5.74, 6) is 0.562. The van der Waals surface area contributed by atoms with Crippen molar-refractivity contribution in [1.29, 1.82) is 0 Å². The van der Waals surface area contributed by atoms with Crippen LogP contribution in [0, 0.1) is 6.92 Å². The van der Waals surface area contributed by atoms with Crippen LogP contribution in [0.25, 0.3) is 27.9 Å². The molecule has 200 valence electrons. The molecule has 0 bridgehead atoms. The largest absolute Gasteiger partial charge is 0.348 e. The van der Waals surface area contributed by atoms with Crippen LogP contribution in [0.4, 0.5) is 0 Å². The van der Waals surface area contributed by atoms with Crippen LogP contribution in [-0.2, 0) is 7.05 Å². The molecule has 8 heteroatoms. The Morgan fingerprint density at radius 2 is 1.57 bits per heavy atom. The van der Waals surface area contributed by atoms with E-state index >= 15 is 0 Å². The molecule has 4 aromatic carbocycles. The van der Waals surface area contributed by atoms with E-state index in [0.29, 0.717) is 16.6 Å². The second-order valence-electron chi connectivity index (χ2n) is 9.37. The standard InChI is InChI=1S/C16H14ClN3O.C16H14N2O/c1-18-15-10-20(21)16(11-5-3-2-4-6-11)13-9-12(17)7-8-14(13)19-15;1-11-8-9-13-14(10-11)18(2)16(19)17-15(13)12-6-4-3-5-7-12/h2-9,21H,10H2,1H3;3-10H,1-2H3. The third-order valence-corrected chi connectivity index (χ3v) is 6.86. The molecule has 0 saturated heterocycles. The van der Waals surface area contributed by atoms with Crippen molar-refractivity contribution in [3.8, 4) is 11.3 Å². The van der Waals surface area contributed by atoms with Gasteiger partial charge in [-0.25, -0.2) is 14.9 Å². The van der Waals surface area contributed by atoms with Crippen molar-refractivity contribution in [2.45, 2.75) is 6.92 Å². The van der Waals surface area contributed by atoms with Gasteiger partial charge in [-0.05, 0) is 36.8 Å². The van der Waals surface area contributed by atoms with Gasteiger partial charge in [0.05, 0.1) is 22.3 Å². The number of benzene rings is 4. The Kier molecular flexibility index (Phi) is 7.86. The minimum absolute atomic E-state index is 0.225. The first-order valence-corrected chi connectivity index (χ1v) is 13.1. The summed E-state index contributed by atoms with van der Waals surface area (Å²) in [6.07, 6.45) is 0. The lowest BCUT2D eigenvalue weighted by Crippen LogP contribution is -2.31. The monoisotopic (exact) mass is 549 g/mol. The van der Waals surface area contributed by atoms with Crippen LogP contribution < -0.4 is 16.3 Å². The number of nitrogens with zero attached hydrogens (tertiary/aromatic N) is 5. The topological polar surface area (TPSA) is 83.1 Å². The highest BCUT2D eigenvalue weighted by Crippen LogP contribution is 2.25. The Labute approximate surface area is 236 Å². The van der Waals surface area contributed by atoms with Gasteiger partial charge in [0.25, 0.3) is 0 Å². The average molecular weight is 550 g/mol. The summed E-state index contributed by atoms with van der Waals surface area (Å²) in [7, 11) is 3.42. The zero-order valence-electron chi connectivity index (χ0n) is 22.4. The lowest BCUT2D eigenvalue weighted by atomic mass is 10.1. The molecule has 0 fully saturated rings. The van der Waals surface area contributed by atoms with Gasteiger partial charge in [0.1, 0.15) is 12.4 Å². The molecule has 1 aliphatic heterocycles. The number of hydrogen-bond acceptors (Lipinski definition) is 5. The molecule has 0 radical (unpaired) electrons. The second kappa shape index (κ2) is 11.7. The van der Waals surface area contributed by atoms with Gasteiger partial charge < -0.3 is 0 Å². The van der Waals surface area contributed by atoms with E-state index in [2.05, 4.69) is 15.0 Å². The molecule has 0 atom stereocenters. The summed E-state index contributed by atoms with van der Waals surface area (Å²) in [5, 5.41) is 14.8. The zero-order chi connectivity index (χ0) is 28.2. The molecule has 0 spiro atoms. The molecule has 6 rings (SSSR count). The SMILES string of the molecule is CN=C1CN(O)C(c2ccccc2)=c2cc(Cl)ccc2=N1.Cc1ccc2c(-c3ccccc3)nc(=O)n(C)c2c1. The summed E-state index contributed by atoms with van der Waals surface area (Å²) < 4.78 is 1.59. The average Bonchev–Trinajstić information content (AvgIpc) is 3.11. The van der Waals surface area contributed by atoms with Crippen molar-refractivity contribution in [3.63, 3.8) is 0 Å². The second-order valence-corrected chi connectivity index (χ2v) is 9.81. The fourth-order valence-corrected chi connectivity index (χ4v) is 4.78. The molecule has 2 heterocycles. The van der Waals surface area contributed by atoms with Crippen molar-refractivity contribution in [2.24, 2.45) is 17.0 Å². The maximum Gasteiger partial charge on any atom is 0.348 e. The normalized spacial score (nSPS) is 13.8. The maximum absolute atomic E-state index is 12.0. The van der Waals surface area contributed by atoms with Crippen LogP contribution in [0.5, 0.6) is 0 Å². The molecule has 1 aromatic heterocycles. The molecule has 40 heavy (non-hydrogen) atoms. The minimum atomic E-state index is -0.225. The number of halogens is 1. The molecule has 0 unspecified atom stereocenters. The molecule has 7 nitrogen and oxygen atoms in total. The number of fused-ring (bicyclic) bond motifs is 2. The number of aromatic nitrogens is 2. The van der Waals surface area contributed by atoms with Gasteiger partial charge in [0.2, 0.25) is 0 Å². The lowest BCUT2D eigenvalue weighted by molar-refractivity contribution is -0.0119. The van der Waals surface area contributed by atoms with E-state index in [1.165, 1.54) is 5.06 Å². The molecule has 0 amide bonds. The first-order valence-electron chi connectivity index (χ1n) is 12.7. The van der Waals surface area contributed by atoms with Crippen molar-refractivity contribution in [3.05, 3.63) is 134 Å². The smallest absolute Gasteiger partial charge is 0.295 e. The quantitative estimate of drug-likeness (QED) is 0.344. The maximum atomic E-state index is 12.0. The molecular formula is C32H28ClN5O2. The Balaban J connectivity index is 0.000000162. The van der Waals surface area contributed by atoms with Crippen LogP contribution in [0.15, 0.2) is 112 Å². The van der Waals surface area contributed by atoms with Crippen LogP contribution in [0.3, 0.4) is 0 Å². The predicted octanol–water partition coefficient (Wildman–Crippen LogP) is 4.76. The van der Waals surface area contributed by atoms with Crippen LogP contribution in [0.2, 0.25) is 5.02 Å². The summed E-state index contributed by atoms with van der Waals surface area (Å²) in [6.45, 7) is 2.25. The van der Waals surface area contributed by atoms with Crippen LogP contribution >= 0.6 is 11.6 Å². The van der Waals surface area contributed by atoms with E-state index in [0.717, 1.165) is 43.9 Å². The number of aryl methyl sites for hydroxylation is 2. The van der Waals surface area contributed by atoms with Gasteiger partial charge in [-0.15, -0.1) is 0 Å². The Bertz CT molecular complexity index is 1900. The van der Waals surface area contributed by atoms with Gasteiger partial charge in [0.15, 0.2) is 0 Å². The van der Waals surface area contributed by atoms with E-state index in [9.17, 15) is 10.0 Å². The van der Waals surface area contributed by atoms with Crippen LogP contribution in [0.1, 0.15) is 11.1 Å². The number of amidine groups is 1.